The Bertz CT molecular complexity index is 1530. The molecule has 1 aromatic heterocycles. The van der Waals surface area contributed by atoms with Gasteiger partial charge in [-0.25, -0.2) is 19.4 Å². The highest BCUT2D eigenvalue weighted by Gasteiger charge is 2.22. The fraction of sp³-hybridized carbons (Fsp3) is 0.214. The molecular weight excluding hydrogens is 519 g/mol. The fourth-order valence-corrected chi connectivity index (χ4v) is 4.48. The third kappa shape index (κ3) is 6.24. The van der Waals surface area contributed by atoms with Crippen LogP contribution in [0.25, 0.3) is 10.9 Å². The first-order chi connectivity index (χ1) is 18.9. The molecule has 1 saturated heterocycles. The van der Waals surface area contributed by atoms with Gasteiger partial charge >= 0.3 is 0 Å². The van der Waals surface area contributed by atoms with E-state index in [2.05, 4.69) is 32.6 Å². The maximum absolute atomic E-state index is 13.5. The highest BCUT2D eigenvalue weighted by molar-refractivity contribution is 6.32. The van der Waals surface area contributed by atoms with Gasteiger partial charge in [0, 0.05) is 49.9 Å². The second-order valence-electron chi connectivity index (χ2n) is 9.17. The Hall–Kier alpha value is -4.28. The maximum Gasteiger partial charge on any atom is 0.214 e. The minimum absolute atomic E-state index is 0.228. The molecule has 0 saturated carbocycles. The second-order valence-corrected chi connectivity index (χ2v) is 9.57. The van der Waals surface area contributed by atoms with Crippen molar-refractivity contribution < 1.29 is 9.13 Å². The lowest BCUT2D eigenvalue weighted by molar-refractivity contribution is 0.242. The summed E-state index contributed by atoms with van der Waals surface area (Å²) in [6, 6.07) is 17.1. The van der Waals surface area contributed by atoms with Crippen LogP contribution in [-0.4, -0.2) is 64.8 Å². The van der Waals surface area contributed by atoms with Crippen LogP contribution in [0.4, 0.5) is 15.9 Å². The smallest absolute Gasteiger partial charge is 0.214 e. The van der Waals surface area contributed by atoms with Crippen molar-refractivity contribution >= 4 is 46.2 Å². The van der Waals surface area contributed by atoms with Gasteiger partial charge in [0.1, 0.15) is 29.5 Å². The Balaban J connectivity index is 1.32. The monoisotopic (exact) mass is 546 g/mol. The molecule has 0 spiro atoms. The van der Waals surface area contributed by atoms with Crippen LogP contribution in [0.5, 0.6) is 11.5 Å². The van der Waals surface area contributed by atoms with Gasteiger partial charge in [0.2, 0.25) is 5.96 Å². The lowest BCUT2D eigenvalue weighted by Crippen LogP contribution is -2.55. The van der Waals surface area contributed by atoms with Gasteiger partial charge in [0.25, 0.3) is 0 Å². The van der Waals surface area contributed by atoms with Gasteiger partial charge in [-0.2, -0.15) is 5.10 Å². The van der Waals surface area contributed by atoms with Crippen LogP contribution >= 0.6 is 11.6 Å². The highest BCUT2D eigenvalue weighted by Crippen LogP contribution is 2.33. The fourth-order valence-electron chi connectivity index (χ4n) is 4.26. The summed E-state index contributed by atoms with van der Waals surface area (Å²) in [7, 11) is 1.77. The zero-order valence-corrected chi connectivity index (χ0v) is 22.3. The van der Waals surface area contributed by atoms with Crippen LogP contribution < -0.4 is 15.4 Å². The van der Waals surface area contributed by atoms with Gasteiger partial charge in [-0.15, -0.1) is 0 Å². The number of benzene rings is 3. The number of fused-ring (bicyclic) bond motifs is 1. The minimum Gasteiger partial charge on any atom is -0.456 e. The first kappa shape index (κ1) is 26.3. The average Bonchev–Trinajstić information content (AvgIpc) is 2.93. The van der Waals surface area contributed by atoms with Gasteiger partial charge in [0.05, 0.1) is 16.8 Å². The molecule has 2 heterocycles. The third-order valence-corrected chi connectivity index (χ3v) is 6.63. The Labute approximate surface area is 230 Å². The van der Waals surface area contributed by atoms with Crippen molar-refractivity contribution in [3.63, 3.8) is 0 Å². The first-order valence-electron chi connectivity index (χ1n) is 12.5. The van der Waals surface area contributed by atoms with E-state index < -0.39 is 0 Å². The summed E-state index contributed by atoms with van der Waals surface area (Å²) in [6.07, 6.45) is 3.21. The summed E-state index contributed by atoms with van der Waals surface area (Å²) < 4.78 is 19.2. The number of piperazine rings is 1. The average molecular weight is 547 g/mol. The quantitative estimate of drug-likeness (QED) is 0.168. The zero-order valence-electron chi connectivity index (χ0n) is 21.5. The molecule has 0 bridgehead atoms. The first-order valence-corrected chi connectivity index (χ1v) is 12.8. The van der Waals surface area contributed by atoms with Crippen molar-refractivity contribution in [2.75, 3.05) is 32.0 Å². The summed E-state index contributed by atoms with van der Waals surface area (Å²) in [6.45, 7) is 4.55. The number of nitrogens with one attached hydrogen (secondary N) is 3. The Morgan fingerprint density at radius 3 is 2.90 bits per heavy atom. The van der Waals surface area contributed by atoms with E-state index in [4.69, 9.17) is 21.7 Å². The molecular formula is C28H28ClFN8O. The summed E-state index contributed by atoms with van der Waals surface area (Å²) in [4.78, 5) is 10.8. The van der Waals surface area contributed by atoms with Crippen molar-refractivity contribution in [3.8, 4) is 11.5 Å². The molecule has 1 fully saturated rings. The molecule has 0 radical (unpaired) electrons. The molecule has 200 valence electrons. The maximum atomic E-state index is 13.5. The van der Waals surface area contributed by atoms with Crippen molar-refractivity contribution in [1.29, 1.82) is 5.41 Å². The van der Waals surface area contributed by atoms with Crippen LogP contribution in [0, 0.1) is 11.2 Å². The van der Waals surface area contributed by atoms with Crippen molar-refractivity contribution in [2.24, 2.45) is 5.10 Å². The molecule has 1 atom stereocenters. The molecule has 3 aromatic carbocycles. The number of nitrogens with zero attached hydrogens (tertiary/aromatic N) is 5. The number of hydrogen-bond donors (Lipinski definition) is 3. The van der Waals surface area contributed by atoms with E-state index in [0.29, 0.717) is 34.0 Å². The number of guanidine groups is 1. The standard InChI is InChI=1S/C28H28ClFN8O/c1-18-15-32-10-11-38(18)28(31)37(2)35-16-19-6-8-25-23(12-19)27(34-17-33-25)36-21-7-9-26(24(29)14-21)39-22-5-3-4-20(30)13-22/h3-9,12-14,16-18,31-32H,10-11,15H2,1-2H3,(H,33,34,36). The predicted octanol–water partition coefficient (Wildman–Crippen LogP) is 5.45. The van der Waals surface area contributed by atoms with Gasteiger partial charge in [-0.3, -0.25) is 5.41 Å². The SMILES string of the molecule is CC1CNCCN1C(=N)N(C)N=Cc1ccc2ncnc(Nc3ccc(Oc4cccc(F)c4)c(Cl)c3)c2c1. The zero-order chi connectivity index (χ0) is 27.4. The van der Waals surface area contributed by atoms with Gasteiger partial charge in [-0.1, -0.05) is 23.7 Å². The number of rotatable bonds is 6. The van der Waals surface area contributed by atoms with Crippen molar-refractivity contribution in [2.45, 2.75) is 13.0 Å². The number of hydrogen-bond acceptors (Lipinski definition) is 7. The Morgan fingerprint density at radius 2 is 2.10 bits per heavy atom. The van der Waals surface area contributed by atoms with Crippen LogP contribution in [0.3, 0.4) is 0 Å². The lowest BCUT2D eigenvalue weighted by atomic mass is 10.1. The van der Waals surface area contributed by atoms with E-state index in [9.17, 15) is 4.39 Å². The highest BCUT2D eigenvalue weighted by atomic mass is 35.5. The number of hydrazone groups is 1. The molecule has 1 unspecified atom stereocenters. The Morgan fingerprint density at radius 1 is 1.23 bits per heavy atom. The molecule has 1 aliphatic heterocycles. The molecule has 9 nitrogen and oxygen atoms in total. The second kappa shape index (κ2) is 11.6. The number of ether oxygens (including phenoxy) is 1. The third-order valence-electron chi connectivity index (χ3n) is 6.34. The summed E-state index contributed by atoms with van der Waals surface area (Å²) in [5.41, 5.74) is 2.30. The van der Waals surface area contributed by atoms with Gasteiger partial charge in [-0.05, 0) is 55.0 Å². The Kier molecular flexibility index (Phi) is 7.85. The number of anilines is 2. The number of halogens is 2. The largest absolute Gasteiger partial charge is 0.456 e. The molecule has 3 N–H and O–H groups in total. The van der Waals surface area contributed by atoms with E-state index in [0.717, 1.165) is 36.1 Å². The minimum atomic E-state index is -0.388. The summed E-state index contributed by atoms with van der Waals surface area (Å²) in [5, 5.41) is 22.4. The van der Waals surface area contributed by atoms with E-state index in [1.165, 1.54) is 18.5 Å². The topological polar surface area (TPSA) is 102 Å². The predicted molar refractivity (Wildman–Crippen MR) is 153 cm³/mol. The van der Waals surface area contributed by atoms with Crippen LogP contribution in [-0.2, 0) is 0 Å². The van der Waals surface area contributed by atoms with E-state index in [1.54, 1.807) is 48.6 Å². The normalized spacial score (nSPS) is 15.5. The van der Waals surface area contributed by atoms with Crippen molar-refractivity contribution in [3.05, 3.63) is 83.4 Å². The van der Waals surface area contributed by atoms with E-state index in [-0.39, 0.29) is 11.9 Å². The molecule has 4 aromatic rings. The van der Waals surface area contributed by atoms with Gasteiger partial charge in [0.15, 0.2) is 0 Å². The molecule has 1 aliphatic rings. The van der Waals surface area contributed by atoms with Crippen molar-refractivity contribution in [1.82, 2.24) is 25.2 Å². The molecule has 11 heteroatoms. The molecule has 0 amide bonds. The van der Waals surface area contributed by atoms with Crippen LogP contribution in [0.2, 0.25) is 5.02 Å². The molecule has 0 aliphatic carbocycles. The van der Waals surface area contributed by atoms with Crippen LogP contribution in [0.15, 0.2) is 72.1 Å². The molecule has 39 heavy (non-hydrogen) atoms. The van der Waals surface area contributed by atoms with E-state index in [1.807, 2.05) is 23.1 Å². The lowest BCUT2D eigenvalue weighted by Gasteiger charge is -2.37. The summed E-state index contributed by atoms with van der Waals surface area (Å²) in [5.74, 6) is 1.33. The van der Waals surface area contributed by atoms with E-state index >= 15 is 0 Å². The number of aromatic nitrogens is 2. The van der Waals surface area contributed by atoms with Crippen LogP contribution in [0.1, 0.15) is 12.5 Å². The van der Waals surface area contributed by atoms with Gasteiger partial charge < -0.3 is 20.3 Å². The molecule has 5 rings (SSSR count). The summed E-state index contributed by atoms with van der Waals surface area (Å²) >= 11 is 6.45.